The Balaban J connectivity index is 2.35. The van der Waals surface area contributed by atoms with E-state index in [9.17, 15) is 5.11 Å². The van der Waals surface area contributed by atoms with Crippen molar-refractivity contribution < 1.29 is 5.11 Å². The van der Waals surface area contributed by atoms with Crippen molar-refractivity contribution in [2.75, 3.05) is 0 Å². The molecule has 1 atom stereocenters. The van der Waals surface area contributed by atoms with Gasteiger partial charge in [-0.1, -0.05) is 17.2 Å². The lowest BCUT2D eigenvalue weighted by atomic mass is 9.93. The van der Waals surface area contributed by atoms with Crippen molar-refractivity contribution in [1.29, 1.82) is 0 Å². The van der Waals surface area contributed by atoms with Crippen LogP contribution in [0.5, 0.6) is 0 Å². The average molecular weight is 166 g/mol. The normalized spacial score (nSPS) is 23.5. The zero-order valence-electron chi connectivity index (χ0n) is 7.84. The highest BCUT2D eigenvalue weighted by Crippen LogP contribution is 2.22. The van der Waals surface area contributed by atoms with Gasteiger partial charge in [-0.15, -0.1) is 6.58 Å². The Bertz CT molecular complexity index is 191. The maximum atomic E-state index is 9.35. The molecule has 0 radical (unpaired) electrons. The predicted molar refractivity (Wildman–Crippen MR) is 52.0 cm³/mol. The van der Waals surface area contributed by atoms with Crippen LogP contribution in [0.4, 0.5) is 0 Å². The van der Waals surface area contributed by atoms with E-state index in [1.807, 2.05) is 6.08 Å². The molecular formula is C11H18O. The highest BCUT2D eigenvalue weighted by molar-refractivity contribution is 5.10. The van der Waals surface area contributed by atoms with Crippen LogP contribution in [0.2, 0.25) is 0 Å². The fraction of sp³-hybridized carbons (Fsp3) is 0.636. The Morgan fingerprint density at radius 3 is 3.08 bits per heavy atom. The highest BCUT2D eigenvalue weighted by atomic mass is 16.3. The molecule has 0 aromatic heterocycles. The zero-order valence-corrected chi connectivity index (χ0v) is 7.84. The van der Waals surface area contributed by atoms with Crippen LogP contribution in [-0.4, -0.2) is 11.2 Å². The second-order valence-corrected chi connectivity index (χ2v) is 3.74. The van der Waals surface area contributed by atoms with E-state index < -0.39 is 0 Å². The van der Waals surface area contributed by atoms with Crippen molar-refractivity contribution in [2.24, 2.45) is 0 Å². The van der Waals surface area contributed by atoms with Gasteiger partial charge in [-0.3, -0.25) is 0 Å². The molecule has 0 fully saturated rings. The lowest BCUT2D eigenvalue weighted by Gasteiger charge is -2.16. The van der Waals surface area contributed by atoms with E-state index in [-0.39, 0.29) is 6.10 Å². The first-order valence-electron chi connectivity index (χ1n) is 4.70. The van der Waals surface area contributed by atoms with Gasteiger partial charge in [0.25, 0.3) is 0 Å². The van der Waals surface area contributed by atoms with Crippen molar-refractivity contribution in [3.8, 4) is 0 Å². The summed E-state index contributed by atoms with van der Waals surface area (Å²) >= 11 is 0. The van der Waals surface area contributed by atoms with E-state index in [2.05, 4.69) is 13.5 Å². The molecule has 68 valence electrons. The molecule has 1 unspecified atom stereocenters. The summed E-state index contributed by atoms with van der Waals surface area (Å²) in [5.41, 5.74) is 2.65. The predicted octanol–water partition coefficient (Wildman–Crippen LogP) is 2.81. The third-order valence-corrected chi connectivity index (χ3v) is 2.30. The van der Waals surface area contributed by atoms with Gasteiger partial charge in [-0.05, 0) is 39.0 Å². The molecule has 0 saturated carbocycles. The maximum Gasteiger partial charge on any atom is 0.0723 e. The van der Waals surface area contributed by atoms with Crippen LogP contribution in [0.1, 0.15) is 39.0 Å². The van der Waals surface area contributed by atoms with Gasteiger partial charge in [0.05, 0.1) is 6.10 Å². The number of aliphatic hydroxyl groups excluding tert-OH is 1. The largest absolute Gasteiger partial charge is 0.389 e. The molecule has 0 bridgehead atoms. The smallest absolute Gasteiger partial charge is 0.0723 e. The summed E-state index contributed by atoms with van der Waals surface area (Å²) in [5.74, 6) is 0. The van der Waals surface area contributed by atoms with E-state index in [1.165, 1.54) is 17.6 Å². The van der Waals surface area contributed by atoms with Gasteiger partial charge >= 0.3 is 0 Å². The van der Waals surface area contributed by atoms with Gasteiger partial charge in [0.2, 0.25) is 0 Å². The molecule has 0 aliphatic heterocycles. The molecule has 1 rings (SSSR count). The number of aliphatic hydroxyl groups is 1. The van der Waals surface area contributed by atoms with Crippen molar-refractivity contribution in [2.45, 2.75) is 45.1 Å². The summed E-state index contributed by atoms with van der Waals surface area (Å²) in [7, 11) is 0. The second-order valence-electron chi connectivity index (χ2n) is 3.74. The maximum absolute atomic E-state index is 9.35. The standard InChI is InChI=1S/C11H18O/c1-9(2)6-7-10-4-3-5-11(12)8-10/h8,11-12H,1,3-7H2,2H3. The molecule has 0 saturated heterocycles. The van der Waals surface area contributed by atoms with Crippen LogP contribution in [-0.2, 0) is 0 Å². The van der Waals surface area contributed by atoms with Gasteiger partial charge in [0, 0.05) is 0 Å². The number of hydrogen-bond donors (Lipinski definition) is 1. The summed E-state index contributed by atoms with van der Waals surface area (Å²) in [4.78, 5) is 0. The first-order valence-corrected chi connectivity index (χ1v) is 4.70. The number of rotatable bonds is 3. The highest BCUT2D eigenvalue weighted by Gasteiger charge is 2.09. The molecule has 1 nitrogen and oxygen atoms in total. The Labute approximate surface area is 74.8 Å². The van der Waals surface area contributed by atoms with E-state index in [1.54, 1.807) is 0 Å². The molecule has 1 aliphatic carbocycles. The number of hydrogen-bond acceptors (Lipinski definition) is 1. The van der Waals surface area contributed by atoms with Crippen LogP contribution in [0.3, 0.4) is 0 Å². The number of allylic oxidation sites excluding steroid dienone is 2. The van der Waals surface area contributed by atoms with Crippen molar-refractivity contribution in [3.05, 3.63) is 23.8 Å². The van der Waals surface area contributed by atoms with E-state index >= 15 is 0 Å². The zero-order chi connectivity index (χ0) is 8.97. The van der Waals surface area contributed by atoms with E-state index in [0.29, 0.717) is 0 Å². The third-order valence-electron chi connectivity index (χ3n) is 2.30. The molecule has 0 aromatic rings. The minimum absolute atomic E-state index is 0.182. The van der Waals surface area contributed by atoms with Gasteiger partial charge in [-0.2, -0.15) is 0 Å². The Kier molecular flexibility index (Phi) is 3.54. The summed E-state index contributed by atoms with van der Waals surface area (Å²) < 4.78 is 0. The fourth-order valence-electron chi connectivity index (χ4n) is 1.56. The monoisotopic (exact) mass is 166 g/mol. The summed E-state index contributed by atoms with van der Waals surface area (Å²) in [5, 5.41) is 9.35. The van der Waals surface area contributed by atoms with Crippen LogP contribution >= 0.6 is 0 Å². The van der Waals surface area contributed by atoms with Crippen molar-refractivity contribution in [3.63, 3.8) is 0 Å². The SMILES string of the molecule is C=C(C)CCC1=CC(O)CCC1. The van der Waals surface area contributed by atoms with Crippen LogP contribution in [0, 0.1) is 0 Å². The first kappa shape index (κ1) is 9.53. The molecule has 1 aliphatic rings. The molecule has 12 heavy (non-hydrogen) atoms. The fourth-order valence-corrected chi connectivity index (χ4v) is 1.56. The second kappa shape index (κ2) is 4.46. The molecule has 0 amide bonds. The van der Waals surface area contributed by atoms with E-state index in [0.717, 1.165) is 25.7 Å². The van der Waals surface area contributed by atoms with Crippen molar-refractivity contribution in [1.82, 2.24) is 0 Å². The van der Waals surface area contributed by atoms with Gasteiger partial charge in [0.15, 0.2) is 0 Å². The topological polar surface area (TPSA) is 20.2 Å². The van der Waals surface area contributed by atoms with Gasteiger partial charge in [-0.25, -0.2) is 0 Å². The lowest BCUT2D eigenvalue weighted by Crippen LogP contribution is -2.08. The quantitative estimate of drug-likeness (QED) is 0.639. The summed E-state index contributed by atoms with van der Waals surface area (Å²) in [6, 6.07) is 0. The average Bonchev–Trinajstić information content (AvgIpc) is 2.01. The van der Waals surface area contributed by atoms with E-state index in [4.69, 9.17) is 0 Å². The van der Waals surface area contributed by atoms with Crippen molar-refractivity contribution >= 4 is 0 Å². The van der Waals surface area contributed by atoms with Gasteiger partial charge < -0.3 is 5.11 Å². The summed E-state index contributed by atoms with van der Waals surface area (Å²) in [6.45, 7) is 5.92. The lowest BCUT2D eigenvalue weighted by molar-refractivity contribution is 0.201. The molecule has 0 aromatic carbocycles. The molecule has 1 heteroatoms. The molecule has 0 heterocycles. The summed E-state index contributed by atoms with van der Waals surface area (Å²) in [6.07, 6.45) is 7.25. The Morgan fingerprint density at radius 1 is 1.75 bits per heavy atom. The minimum atomic E-state index is -0.182. The van der Waals surface area contributed by atoms with Crippen LogP contribution in [0.15, 0.2) is 23.8 Å². The molecule has 0 spiro atoms. The molecular weight excluding hydrogens is 148 g/mol. The van der Waals surface area contributed by atoms with Crippen LogP contribution in [0.25, 0.3) is 0 Å². The first-order chi connectivity index (χ1) is 5.68. The minimum Gasteiger partial charge on any atom is -0.389 e. The van der Waals surface area contributed by atoms with Crippen LogP contribution < -0.4 is 0 Å². The van der Waals surface area contributed by atoms with Gasteiger partial charge in [0.1, 0.15) is 0 Å². The molecule has 1 N–H and O–H groups in total. The third kappa shape index (κ3) is 3.22. The Morgan fingerprint density at radius 2 is 2.50 bits per heavy atom. The Hall–Kier alpha value is -0.560.